The number of thiophene rings is 1. The fourth-order valence-corrected chi connectivity index (χ4v) is 6.10. The molecule has 0 aliphatic heterocycles. The maximum atomic E-state index is 12.9. The molecule has 8 heteroatoms. The Labute approximate surface area is 189 Å². The predicted molar refractivity (Wildman–Crippen MR) is 122 cm³/mol. The molecule has 1 aromatic heterocycles. The second kappa shape index (κ2) is 9.73. The SMILES string of the molecule is CCOC(=O)c1c(NC(=O)C(C)Sc2cc(Cl)ccc2Cl)sc2c1CCC(C)C2. The Morgan fingerprint density at radius 1 is 1.38 bits per heavy atom. The molecule has 0 fully saturated rings. The molecule has 0 radical (unpaired) electrons. The molecule has 1 amide bonds. The van der Waals surface area contributed by atoms with Crippen molar-refractivity contribution in [3.05, 3.63) is 44.2 Å². The van der Waals surface area contributed by atoms with E-state index >= 15 is 0 Å². The van der Waals surface area contributed by atoms with Crippen molar-refractivity contribution in [2.45, 2.75) is 50.2 Å². The maximum Gasteiger partial charge on any atom is 0.341 e. The summed E-state index contributed by atoms with van der Waals surface area (Å²) >= 11 is 15.1. The average molecular weight is 472 g/mol. The van der Waals surface area contributed by atoms with Gasteiger partial charge in [0.05, 0.1) is 22.4 Å². The number of esters is 1. The molecule has 3 rings (SSSR count). The van der Waals surface area contributed by atoms with Crippen molar-refractivity contribution >= 4 is 63.2 Å². The minimum Gasteiger partial charge on any atom is -0.462 e. The van der Waals surface area contributed by atoms with Gasteiger partial charge in [-0.2, -0.15) is 0 Å². The van der Waals surface area contributed by atoms with E-state index in [9.17, 15) is 9.59 Å². The van der Waals surface area contributed by atoms with Crippen LogP contribution in [0.3, 0.4) is 0 Å². The highest BCUT2D eigenvalue weighted by molar-refractivity contribution is 8.00. The minimum absolute atomic E-state index is 0.191. The fourth-order valence-electron chi connectivity index (χ4n) is 3.28. The lowest BCUT2D eigenvalue weighted by Gasteiger charge is -2.18. The molecule has 0 bridgehead atoms. The number of benzene rings is 1. The Kier molecular flexibility index (Phi) is 7.54. The van der Waals surface area contributed by atoms with Crippen LogP contribution in [0.15, 0.2) is 23.1 Å². The molecular formula is C21H23Cl2NO3S2. The molecule has 2 unspecified atom stereocenters. The molecule has 1 N–H and O–H groups in total. The molecular weight excluding hydrogens is 449 g/mol. The largest absolute Gasteiger partial charge is 0.462 e. The van der Waals surface area contributed by atoms with Gasteiger partial charge in [-0.3, -0.25) is 4.79 Å². The lowest BCUT2D eigenvalue weighted by molar-refractivity contribution is -0.115. The molecule has 4 nitrogen and oxygen atoms in total. The van der Waals surface area contributed by atoms with E-state index in [0.29, 0.717) is 33.1 Å². The van der Waals surface area contributed by atoms with Gasteiger partial charge in [-0.05, 0) is 62.8 Å². The zero-order valence-corrected chi connectivity index (χ0v) is 19.7. The summed E-state index contributed by atoms with van der Waals surface area (Å²) in [5.41, 5.74) is 1.55. The van der Waals surface area contributed by atoms with Crippen LogP contribution in [0.1, 0.15) is 48.0 Å². The Bertz CT molecular complexity index is 929. The summed E-state index contributed by atoms with van der Waals surface area (Å²) in [5, 5.41) is 4.23. The number of amides is 1. The highest BCUT2D eigenvalue weighted by Crippen LogP contribution is 2.41. The van der Waals surface area contributed by atoms with Crippen LogP contribution in [0.4, 0.5) is 5.00 Å². The number of ether oxygens (including phenoxy) is 1. The van der Waals surface area contributed by atoms with Crippen LogP contribution in [0.5, 0.6) is 0 Å². The second-order valence-corrected chi connectivity index (χ2v) is 10.4. The van der Waals surface area contributed by atoms with Crippen molar-refractivity contribution < 1.29 is 14.3 Å². The molecule has 0 saturated heterocycles. The van der Waals surface area contributed by atoms with Crippen molar-refractivity contribution in [1.29, 1.82) is 0 Å². The number of hydrogen-bond acceptors (Lipinski definition) is 5. The molecule has 29 heavy (non-hydrogen) atoms. The molecule has 2 atom stereocenters. The Balaban J connectivity index is 1.82. The van der Waals surface area contributed by atoms with Crippen LogP contribution in [-0.4, -0.2) is 23.7 Å². The summed E-state index contributed by atoms with van der Waals surface area (Å²) in [4.78, 5) is 27.4. The minimum atomic E-state index is -0.418. The van der Waals surface area contributed by atoms with Crippen LogP contribution in [-0.2, 0) is 22.4 Å². The molecule has 156 valence electrons. The molecule has 1 aromatic carbocycles. The first-order valence-corrected chi connectivity index (χ1v) is 12.0. The standard InChI is InChI=1S/C21H23Cl2NO3S2/c1-4-27-21(26)18-14-7-5-11(2)9-16(14)29-20(18)24-19(25)12(3)28-17-10-13(22)6-8-15(17)23/h6,8,10-12H,4-5,7,9H2,1-3H3,(H,24,25). The van der Waals surface area contributed by atoms with E-state index < -0.39 is 5.25 Å². The lowest BCUT2D eigenvalue weighted by Crippen LogP contribution is -2.23. The zero-order valence-electron chi connectivity index (χ0n) is 16.5. The van der Waals surface area contributed by atoms with Gasteiger partial charge in [0.15, 0.2) is 0 Å². The Morgan fingerprint density at radius 2 is 2.14 bits per heavy atom. The van der Waals surface area contributed by atoms with Crippen LogP contribution >= 0.6 is 46.3 Å². The Hall–Kier alpha value is -1.21. The van der Waals surface area contributed by atoms with Crippen molar-refractivity contribution in [2.75, 3.05) is 11.9 Å². The summed E-state index contributed by atoms with van der Waals surface area (Å²) in [6.07, 6.45) is 2.78. The van der Waals surface area contributed by atoms with Gasteiger partial charge < -0.3 is 10.1 Å². The molecule has 2 aromatic rings. The van der Waals surface area contributed by atoms with Gasteiger partial charge >= 0.3 is 5.97 Å². The van der Waals surface area contributed by atoms with E-state index in [1.54, 1.807) is 32.0 Å². The third kappa shape index (κ3) is 5.29. The van der Waals surface area contributed by atoms with Crippen molar-refractivity contribution in [3.63, 3.8) is 0 Å². The number of anilines is 1. The third-order valence-electron chi connectivity index (χ3n) is 4.79. The highest BCUT2D eigenvalue weighted by atomic mass is 35.5. The fraction of sp³-hybridized carbons (Fsp3) is 0.429. The zero-order chi connectivity index (χ0) is 21.1. The maximum absolute atomic E-state index is 12.9. The average Bonchev–Trinajstić information content (AvgIpc) is 3.01. The molecule has 0 spiro atoms. The van der Waals surface area contributed by atoms with E-state index in [0.717, 1.165) is 29.7 Å². The number of halogens is 2. The van der Waals surface area contributed by atoms with Gasteiger partial charge in [0.1, 0.15) is 5.00 Å². The lowest BCUT2D eigenvalue weighted by atomic mass is 9.88. The normalized spacial score (nSPS) is 16.8. The number of hydrogen-bond donors (Lipinski definition) is 1. The topological polar surface area (TPSA) is 55.4 Å². The van der Waals surface area contributed by atoms with Crippen LogP contribution in [0.2, 0.25) is 10.0 Å². The number of rotatable bonds is 6. The van der Waals surface area contributed by atoms with Gasteiger partial charge in [-0.15, -0.1) is 23.1 Å². The van der Waals surface area contributed by atoms with Crippen molar-refractivity contribution in [1.82, 2.24) is 0 Å². The van der Waals surface area contributed by atoms with Gasteiger partial charge in [-0.1, -0.05) is 30.1 Å². The summed E-state index contributed by atoms with van der Waals surface area (Å²) in [5.74, 6) is 0.00970. The summed E-state index contributed by atoms with van der Waals surface area (Å²) in [6.45, 7) is 6.09. The van der Waals surface area contributed by atoms with Crippen LogP contribution in [0.25, 0.3) is 0 Å². The quantitative estimate of drug-likeness (QED) is 0.387. The first-order chi connectivity index (χ1) is 13.8. The first kappa shape index (κ1) is 22.5. The van der Waals surface area contributed by atoms with Gasteiger partial charge in [0.25, 0.3) is 0 Å². The van der Waals surface area contributed by atoms with Crippen molar-refractivity contribution in [3.8, 4) is 0 Å². The van der Waals surface area contributed by atoms with Crippen LogP contribution in [0, 0.1) is 5.92 Å². The van der Waals surface area contributed by atoms with Crippen molar-refractivity contribution in [2.24, 2.45) is 5.92 Å². The molecule has 1 aliphatic rings. The van der Waals surface area contributed by atoms with E-state index in [1.165, 1.54) is 28.0 Å². The van der Waals surface area contributed by atoms with E-state index in [4.69, 9.17) is 27.9 Å². The molecule has 0 saturated carbocycles. The molecule has 1 heterocycles. The van der Waals surface area contributed by atoms with E-state index in [1.807, 2.05) is 0 Å². The Morgan fingerprint density at radius 3 is 2.86 bits per heavy atom. The smallest absolute Gasteiger partial charge is 0.341 e. The summed E-state index contributed by atoms with van der Waals surface area (Å²) < 4.78 is 5.27. The molecule has 1 aliphatic carbocycles. The van der Waals surface area contributed by atoms with E-state index in [-0.39, 0.29) is 11.9 Å². The number of nitrogens with one attached hydrogen (secondary N) is 1. The summed E-state index contributed by atoms with van der Waals surface area (Å²) in [6, 6.07) is 5.17. The number of fused-ring (bicyclic) bond motifs is 1. The van der Waals surface area contributed by atoms with Gasteiger partial charge in [-0.25, -0.2) is 4.79 Å². The predicted octanol–water partition coefficient (Wildman–Crippen LogP) is 6.48. The number of carbonyl (C=O) groups is 2. The third-order valence-corrected chi connectivity index (χ3v) is 7.80. The number of carbonyl (C=O) groups excluding carboxylic acids is 2. The van der Waals surface area contributed by atoms with Crippen LogP contribution < -0.4 is 5.32 Å². The van der Waals surface area contributed by atoms with E-state index in [2.05, 4.69) is 12.2 Å². The number of thioether (sulfide) groups is 1. The first-order valence-electron chi connectivity index (χ1n) is 9.54. The van der Waals surface area contributed by atoms with Gasteiger partial charge in [0, 0.05) is 14.8 Å². The second-order valence-electron chi connectivity index (χ2n) is 7.10. The highest BCUT2D eigenvalue weighted by Gasteiger charge is 2.30. The monoisotopic (exact) mass is 471 g/mol. The summed E-state index contributed by atoms with van der Waals surface area (Å²) in [7, 11) is 0. The van der Waals surface area contributed by atoms with Gasteiger partial charge in [0.2, 0.25) is 5.91 Å².